The Hall–Kier alpha value is -1.30. The van der Waals surface area contributed by atoms with Crippen LogP contribution in [0.5, 0.6) is 0 Å². The lowest BCUT2D eigenvalue weighted by Crippen LogP contribution is -2.60. The summed E-state index contributed by atoms with van der Waals surface area (Å²) in [5.41, 5.74) is -0.315. The lowest BCUT2D eigenvalue weighted by atomic mass is 10.0. The summed E-state index contributed by atoms with van der Waals surface area (Å²) < 4.78 is 5.53. The van der Waals surface area contributed by atoms with Gasteiger partial charge in [0.25, 0.3) is 0 Å². The molecule has 2 heterocycles. The van der Waals surface area contributed by atoms with E-state index in [-0.39, 0.29) is 11.6 Å². The second-order valence-electron chi connectivity index (χ2n) is 5.25. The van der Waals surface area contributed by atoms with Crippen LogP contribution < -0.4 is 0 Å². The van der Waals surface area contributed by atoms with Crippen molar-refractivity contribution < 1.29 is 19.4 Å². The minimum Gasteiger partial charge on any atom is -0.481 e. The molecule has 2 fully saturated rings. The van der Waals surface area contributed by atoms with Gasteiger partial charge < -0.3 is 19.6 Å². The number of rotatable bonds is 1. The predicted molar refractivity (Wildman–Crippen MR) is 59.7 cm³/mol. The highest BCUT2D eigenvalue weighted by Crippen LogP contribution is 2.22. The van der Waals surface area contributed by atoms with Gasteiger partial charge in [-0.25, -0.2) is 4.79 Å². The summed E-state index contributed by atoms with van der Waals surface area (Å²) in [6.45, 7) is 6.22. The van der Waals surface area contributed by atoms with Crippen molar-refractivity contribution in [2.75, 3.05) is 32.8 Å². The van der Waals surface area contributed by atoms with Crippen molar-refractivity contribution in [3.05, 3.63) is 0 Å². The molecule has 0 aliphatic carbocycles. The fraction of sp³-hybridized carbons (Fsp3) is 0.818. The number of likely N-dealkylation sites (tertiary alicyclic amines) is 1. The van der Waals surface area contributed by atoms with Gasteiger partial charge in [0.2, 0.25) is 0 Å². The highest BCUT2D eigenvalue weighted by atomic mass is 16.5. The molecule has 2 saturated heterocycles. The Labute approximate surface area is 100 Å². The number of hydrogen-bond acceptors (Lipinski definition) is 3. The van der Waals surface area contributed by atoms with Crippen molar-refractivity contribution in [1.29, 1.82) is 0 Å². The zero-order chi connectivity index (χ0) is 12.6. The summed E-state index contributed by atoms with van der Waals surface area (Å²) in [7, 11) is 0. The number of carbonyl (C=O) groups is 2. The van der Waals surface area contributed by atoms with E-state index in [0.717, 1.165) is 0 Å². The second kappa shape index (κ2) is 4.18. The van der Waals surface area contributed by atoms with E-state index in [1.54, 1.807) is 9.80 Å². The van der Waals surface area contributed by atoms with E-state index >= 15 is 0 Å². The van der Waals surface area contributed by atoms with Gasteiger partial charge in [0, 0.05) is 19.6 Å². The van der Waals surface area contributed by atoms with Crippen LogP contribution in [-0.2, 0) is 9.53 Å². The van der Waals surface area contributed by atoms with Crippen LogP contribution in [0.15, 0.2) is 0 Å². The van der Waals surface area contributed by atoms with Gasteiger partial charge in [-0.1, -0.05) is 0 Å². The quantitative estimate of drug-likeness (QED) is 0.714. The zero-order valence-corrected chi connectivity index (χ0v) is 10.2. The number of urea groups is 1. The molecule has 0 radical (unpaired) electrons. The third kappa shape index (κ3) is 2.52. The number of aliphatic carboxylic acids is 1. The maximum absolute atomic E-state index is 12.0. The zero-order valence-electron chi connectivity index (χ0n) is 10.2. The summed E-state index contributed by atoms with van der Waals surface area (Å²) >= 11 is 0. The number of carboxylic acid groups (broad SMARTS) is 1. The first kappa shape index (κ1) is 12.2. The molecule has 6 heteroatoms. The van der Waals surface area contributed by atoms with E-state index in [0.29, 0.717) is 32.8 Å². The lowest BCUT2D eigenvalue weighted by molar-refractivity contribution is -0.146. The van der Waals surface area contributed by atoms with Crippen molar-refractivity contribution in [3.8, 4) is 0 Å². The third-order valence-corrected chi connectivity index (χ3v) is 3.20. The predicted octanol–water partition coefficient (Wildman–Crippen LogP) is 0.234. The minimum absolute atomic E-state index is 0.0705. The van der Waals surface area contributed by atoms with E-state index < -0.39 is 11.9 Å². The summed E-state index contributed by atoms with van der Waals surface area (Å²) in [6.07, 6.45) is 0. The Morgan fingerprint density at radius 1 is 1.29 bits per heavy atom. The number of nitrogens with zero attached hydrogens (tertiary/aromatic N) is 2. The minimum atomic E-state index is -0.823. The van der Waals surface area contributed by atoms with Crippen LogP contribution in [0.2, 0.25) is 0 Å². The molecule has 0 bridgehead atoms. The lowest BCUT2D eigenvalue weighted by Gasteiger charge is -2.44. The molecule has 0 spiro atoms. The highest BCUT2D eigenvalue weighted by molar-refractivity contribution is 5.80. The van der Waals surface area contributed by atoms with Crippen LogP contribution >= 0.6 is 0 Å². The molecule has 0 aromatic heterocycles. The van der Waals surface area contributed by atoms with Gasteiger partial charge in [-0.3, -0.25) is 4.79 Å². The molecule has 2 aliphatic heterocycles. The van der Waals surface area contributed by atoms with Gasteiger partial charge in [-0.2, -0.15) is 0 Å². The largest absolute Gasteiger partial charge is 0.481 e. The normalized spacial score (nSPS) is 24.4. The topological polar surface area (TPSA) is 70.1 Å². The van der Waals surface area contributed by atoms with Gasteiger partial charge in [0.05, 0.1) is 24.7 Å². The van der Waals surface area contributed by atoms with Crippen LogP contribution in [-0.4, -0.2) is 65.3 Å². The summed E-state index contributed by atoms with van der Waals surface area (Å²) in [6, 6.07) is -0.0705. The van der Waals surface area contributed by atoms with Crippen molar-refractivity contribution in [2.45, 2.75) is 19.4 Å². The van der Waals surface area contributed by atoms with Crippen LogP contribution in [0.25, 0.3) is 0 Å². The molecule has 0 unspecified atom stereocenters. The Kier molecular flexibility index (Phi) is 2.99. The van der Waals surface area contributed by atoms with E-state index in [4.69, 9.17) is 9.84 Å². The number of carboxylic acids is 1. The Morgan fingerprint density at radius 3 is 2.47 bits per heavy atom. The van der Waals surface area contributed by atoms with Gasteiger partial charge in [-0.05, 0) is 13.8 Å². The van der Waals surface area contributed by atoms with E-state index in [1.165, 1.54) is 0 Å². The molecule has 2 amide bonds. The molecule has 0 aromatic rings. The molecule has 0 saturated carbocycles. The molecule has 1 N–H and O–H groups in total. The number of carbonyl (C=O) groups excluding carboxylic acids is 1. The van der Waals surface area contributed by atoms with E-state index in [2.05, 4.69) is 0 Å². The highest BCUT2D eigenvalue weighted by Gasteiger charge is 2.39. The van der Waals surface area contributed by atoms with Crippen molar-refractivity contribution in [2.24, 2.45) is 5.92 Å². The van der Waals surface area contributed by atoms with Crippen LogP contribution in [0.1, 0.15) is 13.8 Å². The molecule has 6 nitrogen and oxygen atoms in total. The maximum Gasteiger partial charge on any atom is 0.320 e. The van der Waals surface area contributed by atoms with Crippen molar-refractivity contribution >= 4 is 12.0 Å². The average Bonchev–Trinajstić information content (AvgIpc) is 2.12. The van der Waals surface area contributed by atoms with Gasteiger partial charge in [0.1, 0.15) is 0 Å². The first-order valence-corrected chi connectivity index (χ1v) is 5.80. The summed E-state index contributed by atoms with van der Waals surface area (Å²) in [5, 5.41) is 8.75. The molecule has 96 valence electrons. The fourth-order valence-electron chi connectivity index (χ4n) is 2.17. The summed E-state index contributed by atoms with van der Waals surface area (Å²) in [4.78, 5) is 26.0. The molecule has 17 heavy (non-hydrogen) atoms. The fourth-order valence-corrected chi connectivity index (χ4v) is 2.17. The average molecular weight is 242 g/mol. The van der Waals surface area contributed by atoms with Gasteiger partial charge in [0.15, 0.2) is 0 Å². The Morgan fingerprint density at radius 2 is 1.94 bits per heavy atom. The Balaban J connectivity index is 1.87. The monoisotopic (exact) mass is 242 g/mol. The first-order valence-electron chi connectivity index (χ1n) is 5.80. The molecule has 0 aromatic carbocycles. The van der Waals surface area contributed by atoms with Crippen molar-refractivity contribution in [3.63, 3.8) is 0 Å². The van der Waals surface area contributed by atoms with Crippen LogP contribution in [0.3, 0.4) is 0 Å². The van der Waals surface area contributed by atoms with Gasteiger partial charge in [-0.15, -0.1) is 0 Å². The number of morpholine rings is 1. The molecule has 2 aliphatic rings. The molecule has 2 rings (SSSR count). The van der Waals surface area contributed by atoms with Crippen LogP contribution in [0, 0.1) is 5.92 Å². The van der Waals surface area contributed by atoms with Gasteiger partial charge >= 0.3 is 12.0 Å². The maximum atomic E-state index is 12.0. The standard InChI is InChI=1S/C11H18N2O4/c1-11(2)7-12(3-4-17-11)10(16)13-5-8(6-13)9(14)15/h8H,3-7H2,1-2H3,(H,14,15). The molecule has 0 atom stereocenters. The second-order valence-corrected chi connectivity index (χ2v) is 5.25. The number of ether oxygens (including phenoxy) is 1. The Bertz CT molecular complexity index is 336. The first-order chi connectivity index (χ1) is 7.89. The SMILES string of the molecule is CC1(C)CN(C(=O)N2CC(C(=O)O)C2)CCO1. The molecular formula is C11H18N2O4. The molecular weight excluding hydrogens is 224 g/mol. The number of hydrogen-bond donors (Lipinski definition) is 1. The third-order valence-electron chi connectivity index (χ3n) is 3.20. The van der Waals surface area contributed by atoms with Crippen molar-refractivity contribution in [1.82, 2.24) is 9.80 Å². The van der Waals surface area contributed by atoms with Crippen LogP contribution in [0.4, 0.5) is 4.79 Å². The summed E-state index contributed by atoms with van der Waals surface area (Å²) in [5.74, 6) is -1.22. The smallest absolute Gasteiger partial charge is 0.320 e. The van der Waals surface area contributed by atoms with E-state index in [1.807, 2.05) is 13.8 Å². The van der Waals surface area contributed by atoms with E-state index in [9.17, 15) is 9.59 Å². The number of amides is 2.